The van der Waals surface area contributed by atoms with E-state index in [1.807, 2.05) is 18.2 Å². The van der Waals surface area contributed by atoms with Crippen molar-refractivity contribution in [3.05, 3.63) is 30.3 Å². The summed E-state index contributed by atoms with van der Waals surface area (Å²) < 4.78 is 0. The highest BCUT2D eigenvalue weighted by atomic mass is 32.2. The molecule has 3 rings (SSSR count). The Hall–Kier alpha value is -1.82. The van der Waals surface area contributed by atoms with Gasteiger partial charge >= 0.3 is 6.03 Å². The highest BCUT2D eigenvalue weighted by Gasteiger charge is 2.37. The number of para-hydroxylation sites is 1. The standard InChI is InChI=1S/C15H17N3O2S/c19-13-11-8-4-5-9-12(11)21-15(17-13)18-14(20)16-10-6-2-1-3-7-10/h1-3,6-7,11-12H,4-5,8-9H2,(H2,16,17,18,19,20). The molecule has 21 heavy (non-hydrogen) atoms. The number of amides is 3. The van der Waals surface area contributed by atoms with Crippen LogP contribution in [0, 0.1) is 5.92 Å². The first kappa shape index (κ1) is 14.1. The van der Waals surface area contributed by atoms with Crippen molar-refractivity contribution in [1.82, 2.24) is 5.32 Å². The molecule has 1 saturated heterocycles. The molecular formula is C15H17N3O2S. The number of hydrogen-bond acceptors (Lipinski definition) is 3. The maximum absolute atomic E-state index is 12.0. The van der Waals surface area contributed by atoms with Crippen molar-refractivity contribution in [3.63, 3.8) is 0 Å². The Bertz CT molecular complexity index is 574. The number of rotatable bonds is 1. The van der Waals surface area contributed by atoms with Crippen LogP contribution in [0.2, 0.25) is 0 Å². The second-order valence-electron chi connectivity index (χ2n) is 5.25. The Balaban J connectivity index is 1.66. The van der Waals surface area contributed by atoms with Gasteiger partial charge in [0, 0.05) is 10.9 Å². The number of hydrogen-bond donors (Lipinski definition) is 2. The van der Waals surface area contributed by atoms with Gasteiger partial charge in [-0.1, -0.05) is 42.8 Å². The van der Waals surface area contributed by atoms with Crippen molar-refractivity contribution >= 4 is 34.6 Å². The molecule has 0 bridgehead atoms. The van der Waals surface area contributed by atoms with Gasteiger partial charge < -0.3 is 10.6 Å². The number of amidine groups is 1. The summed E-state index contributed by atoms with van der Waals surface area (Å²) in [6, 6.07) is 8.68. The summed E-state index contributed by atoms with van der Waals surface area (Å²) in [5, 5.41) is 6.10. The summed E-state index contributed by atoms with van der Waals surface area (Å²) in [6.07, 6.45) is 4.20. The van der Waals surface area contributed by atoms with Crippen molar-refractivity contribution in [1.29, 1.82) is 0 Å². The van der Waals surface area contributed by atoms with Crippen LogP contribution in [0.15, 0.2) is 35.3 Å². The van der Waals surface area contributed by atoms with Crippen LogP contribution in [0.1, 0.15) is 25.7 Å². The van der Waals surface area contributed by atoms with Crippen LogP contribution in [0.4, 0.5) is 10.5 Å². The van der Waals surface area contributed by atoms with Gasteiger partial charge in [0.15, 0.2) is 5.17 Å². The van der Waals surface area contributed by atoms with Crippen LogP contribution < -0.4 is 10.6 Å². The van der Waals surface area contributed by atoms with Crippen LogP contribution in [0.25, 0.3) is 0 Å². The summed E-state index contributed by atoms with van der Waals surface area (Å²) in [5.74, 6) is 0.0737. The van der Waals surface area contributed by atoms with Crippen molar-refractivity contribution in [2.75, 3.05) is 5.32 Å². The van der Waals surface area contributed by atoms with E-state index in [1.54, 1.807) is 12.1 Å². The van der Waals surface area contributed by atoms with Gasteiger partial charge in [0.1, 0.15) is 0 Å². The quantitative estimate of drug-likeness (QED) is 0.838. The first-order valence-corrected chi connectivity index (χ1v) is 8.02. The lowest BCUT2D eigenvalue weighted by Crippen LogP contribution is -2.46. The third-order valence-electron chi connectivity index (χ3n) is 3.76. The monoisotopic (exact) mass is 303 g/mol. The Kier molecular flexibility index (Phi) is 4.24. The summed E-state index contributed by atoms with van der Waals surface area (Å²) in [6.45, 7) is 0. The molecular weight excluding hydrogens is 286 g/mol. The molecule has 0 radical (unpaired) electrons. The number of fused-ring (bicyclic) bond motifs is 1. The fraction of sp³-hybridized carbons (Fsp3) is 0.400. The number of urea groups is 1. The van der Waals surface area contributed by atoms with Gasteiger partial charge in [-0.05, 0) is 25.0 Å². The normalized spacial score (nSPS) is 26.9. The maximum atomic E-state index is 12.0. The lowest BCUT2D eigenvalue weighted by atomic mass is 9.88. The molecule has 1 aromatic rings. The molecule has 1 saturated carbocycles. The van der Waals surface area contributed by atoms with Crippen LogP contribution in [0.5, 0.6) is 0 Å². The molecule has 110 valence electrons. The smallest absolute Gasteiger partial charge is 0.306 e. The van der Waals surface area contributed by atoms with Crippen molar-refractivity contribution in [2.45, 2.75) is 30.9 Å². The van der Waals surface area contributed by atoms with E-state index in [4.69, 9.17) is 0 Å². The molecule has 2 atom stereocenters. The molecule has 2 fully saturated rings. The van der Waals surface area contributed by atoms with Gasteiger partial charge in [-0.25, -0.2) is 4.79 Å². The molecule has 1 aromatic carbocycles. The molecule has 6 heteroatoms. The van der Waals surface area contributed by atoms with E-state index in [0.717, 1.165) is 25.7 Å². The average Bonchev–Trinajstić information content (AvgIpc) is 2.48. The fourth-order valence-corrected chi connectivity index (χ4v) is 4.02. The summed E-state index contributed by atoms with van der Waals surface area (Å²) in [4.78, 5) is 27.9. The number of aliphatic imine (C=N–C) groups is 1. The molecule has 2 aliphatic rings. The van der Waals surface area contributed by atoms with E-state index in [9.17, 15) is 9.59 Å². The van der Waals surface area contributed by atoms with E-state index in [2.05, 4.69) is 15.6 Å². The van der Waals surface area contributed by atoms with Gasteiger partial charge in [-0.3, -0.25) is 4.79 Å². The predicted octanol–water partition coefficient (Wildman–Crippen LogP) is 3.00. The van der Waals surface area contributed by atoms with Crippen LogP contribution >= 0.6 is 11.8 Å². The number of nitrogens with one attached hydrogen (secondary N) is 2. The molecule has 0 aromatic heterocycles. The SMILES string of the molecule is O=C(/N=C1/NC(=O)C2CCCCC2S1)Nc1ccccc1. The minimum Gasteiger partial charge on any atom is -0.306 e. The molecule has 1 aliphatic carbocycles. The van der Waals surface area contributed by atoms with Crippen molar-refractivity contribution in [2.24, 2.45) is 10.9 Å². The lowest BCUT2D eigenvalue weighted by Gasteiger charge is -2.34. The van der Waals surface area contributed by atoms with E-state index in [1.165, 1.54) is 11.8 Å². The minimum atomic E-state index is -0.460. The summed E-state index contributed by atoms with van der Waals surface area (Å²) in [7, 11) is 0. The van der Waals surface area contributed by atoms with E-state index >= 15 is 0 Å². The highest BCUT2D eigenvalue weighted by Crippen LogP contribution is 2.36. The Labute approximate surface area is 127 Å². The third kappa shape index (κ3) is 3.44. The molecule has 2 unspecified atom stereocenters. The zero-order valence-corrected chi connectivity index (χ0v) is 12.4. The fourth-order valence-electron chi connectivity index (χ4n) is 2.73. The average molecular weight is 303 g/mol. The molecule has 0 spiro atoms. The van der Waals surface area contributed by atoms with Gasteiger partial charge in [0.05, 0.1) is 5.92 Å². The van der Waals surface area contributed by atoms with Gasteiger partial charge in [0.25, 0.3) is 0 Å². The highest BCUT2D eigenvalue weighted by molar-refractivity contribution is 8.14. The van der Waals surface area contributed by atoms with Crippen LogP contribution in [-0.2, 0) is 4.79 Å². The number of carbonyl (C=O) groups is 2. The lowest BCUT2D eigenvalue weighted by molar-refractivity contribution is -0.124. The molecule has 2 N–H and O–H groups in total. The van der Waals surface area contributed by atoms with Crippen molar-refractivity contribution in [3.8, 4) is 0 Å². The minimum absolute atomic E-state index is 0.00436. The molecule has 1 heterocycles. The maximum Gasteiger partial charge on any atom is 0.347 e. The topological polar surface area (TPSA) is 70.6 Å². The van der Waals surface area contributed by atoms with Gasteiger partial charge in [0.2, 0.25) is 5.91 Å². The number of carbonyl (C=O) groups excluding carboxylic acids is 2. The van der Waals surface area contributed by atoms with E-state index in [-0.39, 0.29) is 17.1 Å². The first-order chi connectivity index (χ1) is 10.2. The van der Waals surface area contributed by atoms with E-state index < -0.39 is 6.03 Å². The van der Waals surface area contributed by atoms with Crippen LogP contribution in [0.3, 0.4) is 0 Å². The zero-order valence-electron chi connectivity index (χ0n) is 11.5. The Morgan fingerprint density at radius 1 is 1.24 bits per heavy atom. The largest absolute Gasteiger partial charge is 0.347 e. The van der Waals surface area contributed by atoms with Crippen molar-refractivity contribution < 1.29 is 9.59 Å². The summed E-state index contributed by atoms with van der Waals surface area (Å²) in [5.41, 5.74) is 0.689. The number of nitrogens with zero attached hydrogens (tertiary/aromatic N) is 1. The number of thioether (sulfide) groups is 1. The number of anilines is 1. The molecule has 3 amide bonds. The third-order valence-corrected chi connectivity index (χ3v) is 5.04. The Morgan fingerprint density at radius 2 is 2.00 bits per heavy atom. The molecule has 5 nitrogen and oxygen atoms in total. The second-order valence-corrected chi connectivity index (χ2v) is 6.48. The Morgan fingerprint density at radius 3 is 2.81 bits per heavy atom. The predicted molar refractivity (Wildman–Crippen MR) is 84.4 cm³/mol. The van der Waals surface area contributed by atoms with Gasteiger partial charge in [-0.15, -0.1) is 0 Å². The summed E-state index contributed by atoms with van der Waals surface area (Å²) >= 11 is 1.52. The molecule has 1 aliphatic heterocycles. The van der Waals surface area contributed by atoms with E-state index in [0.29, 0.717) is 10.9 Å². The van der Waals surface area contributed by atoms with Crippen LogP contribution in [-0.4, -0.2) is 22.4 Å². The second kappa shape index (κ2) is 6.30. The zero-order chi connectivity index (χ0) is 14.7. The van der Waals surface area contributed by atoms with Gasteiger partial charge in [-0.2, -0.15) is 4.99 Å². The first-order valence-electron chi connectivity index (χ1n) is 7.14. The number of benzene rings is 1.